The summed E-state index contributed by atoms with van der Waals surface area (Å²) in [5.74, 6) is -0.283. The first-order chi connectivity index (χ1) is 11.3. The predicted molar refractivity (Wildman–Crippen MR) is 92.1 cm³/mol. The number of rotatable bonds is 6. The highest BCUT2D eigenvalue weighted by Crippen LogP contribution is 2.14. The van der Waals surface area contributed by atoms with Gasteiger partial charge < -0.3 is 10.1 Å². The molecule has 0 aliphatic rings. The van der Waals surface area contributed by atoms with E-state index in [4.69, 9.17) is 9.88 Å². The molecule has 0 unspecified atom stereocenters. The van der Waals surface area contributed by atoms with Gasteiger partial charge in [-0.2, -0.15) is 0 Å². The highest BCUT2D eigenvalue weighted by atomic mass is 32.2. The van der Waals surface area contributed by atoms with Gasteiger partial charge in [0.05, 0.1) is 17.6 Å². The van der Waals surface area contributed by atoms with Crippen LogP contribution in [0.15, 0.2) is 53.4 Å². The maximum Gasteiger partial charge on any atom is 0.255 e. The Bertz CT molecular complexity index is 797. The topological polar surface area (TPSA) is 98.5 Å². The number of carbonyl (C=O) groups excluding carboxylic acids is 1. The number of hydrogen-bond donors (Lipinski definition) is 2. The monoisotopic (exact) mass is 348 g/mol. The quantitative estimate of drug-likeness (QED) is 0.838. The number of ether oxygens (including phenoxy) is 1. The molecule has 1 amide bonds. The van der Waals surface area contributed by atoms with Crippen molar-refractivity contribution in [1.82, 2.24) is 0 Å². The summed E-state index contributed by atoms with van der Waals surface area (Å²) in [6.07, 6.45) is 0.147. The van der Waals surface area contributed by atoms with Crippen LogP contribution < -0.4 is 10.5 Å². The van der Waals surface area contributed by atoms with Gasteiger partial charge in [0.2, 0.25) is 10.0 Å². The van der Waals surface area contributed by atoms with Crippen molar-refractivity contribution in [2.45, 2.75) is 31.5 Å². The van der Waals surface area contributed by atoms with Crippen molar-refractivity contribution in [3.63, 3.8) is 0 Å². The van der Waals surface area contributed by atoms with Crippen LogP contribution in [0, 0.1) is 0 Å². The lowest BCUT2D eigenvalue weighted by Gasteiger charge is -2.09. The van der Waals surface area contributed by atoms with Crippen molar-refractivity contribution in [1.29, 1.82) is 0 Å². The lowest BCUT2D eigenvalue weighted by molar-refractivity contribution is 0.0657. The smallest absolute Gasteiger partial charge is 0.255 e. The van der Waals surface area contributed by atoms with Crippen molar-refractivity contribution in [3.05, 3.63) is 59.7 Å². The zero-order valence-electron chi connectivity index (χ0n) is 13.5. The average molecular weight is 348 g/mol. The molecule has 0 atom stereocenters. The Balaban J connectivity index is 2.01. The molecule has 0 fully saturated rings. The van der Waals surface area contributed by atoms with E-state index in [0.29, 0.717) is 17.9 Å². The van der Waals surface area contributed by atoms with Gasteiger partial charge in [0.25, 0.3) is 5.91 Å². The van der Waals surface area contributed by atoms with Crippen LogP contribution >= 0.6 is 0 Å². The van der Waals surface area contributed by atoms with Crippen LogP contribution in [0.1, 0.15) is 29.8 Å². The fourth-order valence-electron chi connectivity index (χ4n) is 1.95. The molecule has 0 radical (unpaired) electrons. The molecule has 0 aliphatic carbocycles. The highest BCUT2D eigenvalue weighted by molar-refractivity contribution is 7.89. The van der Waals surface area contributed by atoms with E-state index in [1.54, 1.807) is 12.1 Å². The third kappa shape index (κ3) is 5.16. The second kappa shape index (κ2) is 7.57. The van der Waals surface area contributed by atoms with Crippen LogP contribution in [0.25, 0.3) is 0 Å². The van der Waals surface area contributed by atoms with E-state index in [2.05, 4.69) is 5.32 Å². The van der Waals surface area contributed by atoms with Crippen LogP contribution in [0.4, 0.5) is 5.69 Å². The second-order valence-corrected chi connectivity index (χ2v) is 7.14. The Morgan fingerprint density at radius 1 is 1.08 bits per heavy atom. The van der Waals surface area contributed by atoms with Crippen molar-refractivity contribution in [2.24, 2.45) is 5.14 Å². The molecule has 6 nitrogen and oxygen atoms in total. The van der Waals surface area contributed by atoms with E-state index < -0.39 is 10.0 Å². The minimum absolute atomic E-state index is 0.00463. The molecule has 7 heteroatoms. The van der Waals surface area contributed by atoms with Crippen LogP contribution in [0.2, 0.25) is 0 Å². The molecule has 24 heavy (non-hydrogen) atoms. The summed E-state index contributed by atoms with van der Waals surface area (Å²) in [4.78, 5) is 12.2. The zero-order chi connectivity index (χ0) is 17.7. The van der Waals surface area contributed by atoms with E-state index in [9.17, 15) is 13.2 Å². The first-order valence-electron chi connectivity index (χ1n) is 7.40. The standard InChI is InChI=1S/C17H20N2O4S/c1-12(2)23-11-13-3-5-14(6-4-13)17(20)19-15-7-9-16(10-8-15)24(18,21)22/h3-10,12H,11H2,1-2H3,(H,19,20)(H2,18,21,22). The summed E-state index contributed by atoms with van der Waals surface area (Å²) >= 11 is 0. The minimum atomic E-state index is -3.74. The van der Waals surface area contributed by atoms with Gasteiger partial charge in [-0.05, 0) is 55.8 Å². The van der Waals surface area contributed by atoms with Gasteiger partial charge in [-0.15, -0.1) is 0 Å². The highest BCUT2D eigenvalue weighted by Gasteiger charge is 2.09. The van der Waals surface area contributed by atoms with E-state index >= 15 is 0 Å². The van der Waals surface area contributed by atoms with Crippen LogP contribution in [-0.2, 0) is 21.4 Å². The van der Waals surface area contributed by atoms with E-state index in [0.717, 1.165) is 5.56 Å². The van der Waals surface area contributed by atoms with Gasteiger partial charge in [0, 0.05) is 11.3 Å². The van der Waals surface area contributed by atoms with Crippen molar-refractivity contribution in [2.75, 3.05) is 5.32 Å². The lowest BCUT2D eigenvalue weighted by atomic mass is 10.1. The predicted octanol–water partition coefficient (Wildman–Crippen LogP) is 2.51. The summed E-state index contributed by atoms with van der Waals surface area (Å²) in [7, 11) is -3.74. The number of benzene rings is 2. The van der Waals surface area contributed by atoms with Gasteiger partial charge >= 0.3 is 0 Å². The van der Waals surface area contributed by atoms with Gasteiger partial charge in [-0.25, -0.2) is 13.6 Å². The molecule has 2 rings (SSSR count). The molecule has 128 valence electrons. The molecule has 0 aliphatic heterocycles. The molecule has 0 aromatic heterocycles. The fraction of sp³-hybridized carbons (Fsp3) is 0.235. The Labute approximate surface area is 141 Å². The molecular weight excluding hydrogens is 328 g/mol. The lowest BCUT2D eigenvalue weighted by Crippen LogP contribution is -2.14. The Morgan fingerprint density at radius 2 is 1.67 bits per heavy atom. The van der Waals surface area contributed by atoms with E-state index in [-0.39, 0.29) is 16.9 Å². The van der Waals surface area contributed by atoms with E-state index in [1.807, 2.05) is 26.0 Å². The Morgan fingerprint density at radius 3 is 2.17 bits per heavy atom. The number of primary sulfonamides is 1. The van der Waals surface area contributed by atoms with Crippen molar-refractivity contribution >= 4 is 21.6 Å². The largest absolute Gasteiger partial charge is 0.374 e. The first kappa shape index (κ1) is 18.1. The number of anilines is 1. The number of nitrogens with one attached hydrogen (secondary N) is 1. The third-order valence-corrected chi connectivity index (χ3v) is 4.17. The number of hydrogen-bond acceptors (Lipinski definition) is 4. The molecule has 0 heterocycles. The zero-order valence-corrected chi connectivity index (χ0v) is 14.3. The van der Waals surface area contributed by atoms with Crippen LogP contribution in [-0.4, -0.2) is 20.4 Å². The summed E-state index contributed by atoms with van der Waals surface area (Å²) < 4.78 is 27.9. The summed E-state index contributed by atoms with van der Waals surface area (Å²) in [6, 6.07) is 12.8. The number of sulfonamides is 1. The van der Waals surface area contributed by atoms with Crippen LogP contribution in [0.3, 0.4) is 0 Å². The molecule has 3 N–H and O–H groups in total. The number of nitrogens with two attached hydrogens (primary N) is 1. The summed E-state index contributed by atoms with van der Waals surface area (Å²) in [6.45, 7) is 4.42. The van der Waals surface area contributed by atoms with Gasteiger partial charge in [-0.3, -0.25) is 4.79 Å². The maximum absolute atomic E-state index is 12.2. The fourth-order valence-corrected chi connectivity index (χ4v) is 2.46. The molecule has 0 spiro atoms. The van der Waals surface area contributed by atoms with Crippen LogP contribution in [0.5, 0.6) is 0 Å². The molecule has 0 saturated heterocycles. The normalized spacial score (nSPS) is 11.5. The Hall–Kier alpha value is -2.22. The number of amides is 1. The summed E-state index contributed by atoms with van der Waals surface area (Å²) in [5.41, 5.74) is 1.97. The molecule has 2 aromatic rings. The summed E-state index contributed by atoms with van der Waals surface area (Å²) in [5, 5.41) is 7.73. The molecule has 0 saturated carbocycles. The first-order valence-corrected chi connectivity index (χ1v) is 8.95. The average Bonchev–Trinajstić information content (AvgIpc) is 2.53. The minimum Gasteiger partial charge on any atom is -0.374 e. The third-order valence-electron chi connectivity index (χ3n) is 3.24. The van der Waals surface area contributed by atoms with Crippen molar-refractivity contribution in [3.8, 4) is 0 Å². The van der Waals surface area contributed by atoms with Crippen molar-refractivity contribution < 1.29 is 17.9 Å². The molecule has 0 bridgehead atoms. The Kier molecular flexibility index (Phi) is 5.71. The second-order valence-electron chi connectivity index (χ2n) is 5.58. The van der Waals surface area contributed by atoms with E-state index in [1.165, 1.54) is 24.3 Å². The maximum atomic E-state index is 12.2. The van der Waals surface area contributed by atoms with Gasteiger partial charge in [-0.1, -0.05) is 12.1 Å². The van der Waals surface area contributed by atoms with Gasteiger partial charge in [0.15, 0.2) is 0 Å². The SMILES string of the molecule is CC(C)OCc1ccc(C(=O)Nc2ccc(S(N)(=O)=O)cc2)cc1. The van der Waals surface area contributed by atoms with Gasteiger partial charge in [0.1, 0.15) is 0 Å². The molecular formula is C17H20N2O4S. The number of carbonyl (C=O) groups is 1. The molecule has 2 aromatic carbocycles.